The molecule has 23 heavy (non-hydrogen) atoms. The lowest BCUT2D eigenvalue weighted by Crippen LogP contribution is -2.32. The summed E-state index contributed by atoms with van der Waals surface area (Å²) in [5.74, 6) is 1.59. The minimum Gasteiger partial charge on any atom is -0.355 e. The monoisotopic (exact) mass is 319 g/mol. The van der Waals surface area contributed by atoms with Crippen molar-refractivity contribution in [3.63, 3.8) is 0 Å². The number of hydrogen-bond acceptors (Lipinski definition) is 5. The van der Waals surface area contributed by atoms with E-state index in [4.69, 9.17) is 5.73 Å². The van der Waals surface area contributed by atoms with E-state index in [2.05, 4.69) is 28.7 Å². The Morgan fingerprint density at radius 3 is 2.65 bits per heavy atom. The molecular weight excluding hydrogens is 290 g/mol. The molecule has 128 valence electrons. The number of carbonyl (C=O) groups excluding carboxylic acids is 1. The molecule has 0 saturated carbocycles. The molecule has 1 aromatic heterocycles. The standard InChI is InChI=1S/C17H29N5O/c1-11(2)6-8-21(5)17(23)15-19-13(4)12(3)16(20-15)22-9-7-14(18)10-22/h11,14H,6-10,18H2,1-5H3/t14-/m1/s1. The zero-order valence-electron chi connectivity index (χ0n) is 15.0. The van der Waals surface area contributed by atoms with E-state index in [-0.39, 0.29) is 17.8 Å². The van der Waals surface area contributed by atoms with Crippen molar-refractivity contribution in [2.24, 2.45) is 11.7 Å². The first kappa shape index (κ1) is 17.7. The molecule has 6 nitrogen and oxygen atoms in total. The Balaban J connectivity index is 2.22. The quantitative estimate of drug-likeness (QED) is 0.895. The van der Waals surface area contributed by atoms with Gasteiger partial charge in [-0.1, -0.05) is 13.8 Å². The molecule has 0 bridgehead atoms. The van der Waals surface area contributed by atoms with Gasteiger partial charge in [0.15, 0.2) is 0 Å². The summed E-state index contributed by atoms with van der Waals surface area (Å²) in [6.07, 6.45) is 1.93. The normalized spacial score (nSPS) is 17.9. The first-order valence-corrected chi connectivity index (χ1v) is 8.40. The second-order valence-corrected chi connectivity index (χ2v) is 6.99. The van der Waals surface area contributed by atoms with Crippen LogP contribution in [-0.2, 0) is 0 Å². The van der Waals surface area contributed by atoms with Crippen molar-refractivity contribution in [2.75, 3.05) is 31.6 Å². The summed E-state index contributed by atoms with van der Waals surface area (Å²) < 4.78 is 0. The van der Waals surface area contributed by atoms with Crippen LogP contribution in [0.3, 0.4) is 0 Å². The van der Waals surface area contributed by atoms with Gasteiger partial charge in [-0.15, -0.1) is 0 Å². The lowest BCUT2D eigenvalue weighted by atomic mass is 10.1. The number of aromatic nitrogens is 2. The van der Waals surface area contributed by atoms with Gasteiger partial charge < -0.3 is 15.5 Å². The lowest BCUT2D eigenvalue weighted by Gasteiger charge is -2.22. The molecule has 0 aliphatic carbocycles. The van der Waals surface area contributed by atoms with E-state index < -0.39 is 0 Å². The number of hydrogen-bond donors (Lipinski definition) is 1. The van der Waals surface area contributed by atoms with Crippen LogP contribution >= 0.6 is 0 Å². The Kier molecular flexibility index (Phi) is 5.57. The number of anilines is 1. The van der Waals surface area contributed by atoms with Gasteiger partial charge in [-0.2, -0.15) is 0 Å². The predicted molar refractivity (Wildman–Crippen MR) is 92.7 cm³/mol. The zero-order valence-corrected chi connectivity index (χ0v) is 15.0. The molecule has 0 radical (unpaired) electrons. The molecule has 2 rings (SSSR count). The largest absolute Gasteiger partial charge is 0.355 e. The van der Waals surface area contributed by atoms with Crippen LogP contribution in [-0.4, -0.2) is 53.5 Å². The van der Waals surface area contributed by atoms with Crippen LogP contribution < -0.4 is 10.6 Å². The van der Waals surface area contributed by atoms with Gasteiger partial charge in [0.1, 0.15) is 5.82 Å². The molecule has 0 unspecified atom stereocenters. The highest BCUT2D eigenvalue weighted by atomic mass is 16.2. The summed E-state index contributed by atoms with van der Waals surface area (Å²) in [5.41, 5.74) is 7.89. The van der Waals surface area contributed by atoms with Gasteiger partial charge in [-0.05, 0) is 32.6 Å². The highest BCUT2D eigenvalue weighted by molar-refractivity contribution is 5.90. The van der Waals surface area contributed by atoms with Crippen molar-refractivity contribution in [3.8, 4) is 0 Å². The molecule has 0 aromatic carbocycles. The van der Waals surface area contributed by atoms with Gasteiger partial charge in [0.05, 0.1) is 0 Å². The number of rotatable bonds is 5. The minimum absolute atomic E-state index is 0.113. The maximum Gasteiger partial charge on any atom is 0.291 e. The molecule has 1 saturated heterocycles. The third-order valence-corrected chi connectivity index (χ3v) is 4.47. The fraction of sp³-hybridized carbons (Fsp3) is 0.706. The first-order chi connectivity index (χ1) is 10.8. The summed E-state index contributed by atoms with van der Waals surface area (Å²) in [5, 5.41) is 0. The van der Waals surface area contributed by atoms with E-state index in [9.17, 15) is 4.79 Å². The van der Waals surface area contributed by atoms with E-state index in [1.54, 1.807) is 4.90 Å². The molecule has 1 aliphatic heterocycles. The molecule has 1 atom stereocenters. The molecule has 1 fully saturated rings. The van der Waals surface area contributed by atoms with Gasteiger partial charge in [0.2, 0.25) is 5.82 Å². The van der Waals surface area contributed by atoms with Crippen LogP contribution in [0.1, 0.15) is 48.6 Å². The summed E-state index contributed by atoms with van der Waals surface area (Å²) in [6, 6.07) is 0.178. The van der Waals surface area contributed by atoms with E-state index in [1.807, 2.05) is 20.9 Å². The third-order valence-electron chi connectivity index (χ3n) is 4.47. The lowest BCUT2D eigenvalue weighted by molar-refractivity contribution is 0.0777. The van der Waals surface area contributed by atoms with Crippen LogP contribution in [0.4, 0.5) is 5.82 Å². The van der Waals surface area contributed by atoms with Crippen molar-refractivity contribution >= 4 is 11.7 Å². The molecule has 2 heterocycles. The maximum absolute atomic E-state index is 12.6. The Morgan fingerprint density at radius 1 is 1.39 bits per heavy atom. The van der Waals surface area contributed by atoms with Crippen LogP contribution in [0, 0.1) is 19.8 Å². The SMILES string of the molecule is Cc1nc(C(=O)N(C)CCC(C)C)nc(N2CC[C@@H](N)C2)c1C. The molecule has 1 amide bonds. The van der Waals surface area contributed by atoms with Crippen molar-refractivity contribution in [3.05, 3.63) is 17.1 Å². The van der Waals surface area contributed by atoms with Gasteiger partial charge >= 0.3 is 0 Å². The second kappa shape index (κ2) is 7.25. The number of nitrogens with zero attached hydrogens (tertiary/aromatic N) is 4. The van der Waals surface area contributed by atoms with Gasteiger partial charge in [-0.25, -0.2) is 9.97 Å². The van der Waals surface area contributed by atoms with Crippen LogP contribution in [0.15, 0.2) is 0 Å². The highest BCUT2D eigenvalue weighted by Crippen LogP contribution is 2.23. The fourth-order valence-corrected chi connectivity index (χ4v) is 2.72. The molecule has 0 spiro atoms. The second-order valence-electron chi connectivity index (χ2n) is 6.99. The van der Waals surface area contributed by atoms with E-state index >= 15 is 0 Å². The summed E-state index contributed by atoms with van der Waals surface area (Å²) in [6.45, 7) is 10.6. The summed E-state index contributed by atoms with van der Waals surface area (Å²) in [4.78, 5) is 25.5. The van der Waals surface area contributed by atoms with Crippen LogP contribution in [0.2, 0.25) is 0 Å². The van der Waals surface area contributed by atoms with Crippen molar-refractivity contribution < 1.29 is 4.79 Å². The molecule has 6 heteroatoms. The third kappa shape index (κ3) is 4.19. The molecule has 1 aliphatic rings. The van der Waals surface area contributed by atoms with Gasteiger partial charge in [0, 0.05) is 44.0 Å². The summed E-state index contributed by atoms with van der Waals surface area (Å²) in [7, 11) is 1.81. The zero-order chi connectivity index (χ0) is 17.1. The van der Waals surface area contributed by atoms with E-state index in [0.717, 1.165) is 49.6 Å². The maximum atomic E-state index is 12.6. The molecular formula is C17H29N5O. The van der Waals surface area contributed by atoms with Crippen molar-refractivity contribution in [1.82, 2.24) is 14.9 Å². The average molecular weight is 319 g/mol. The number of aryl methyl sites for hydroxylation is 1. The molecule has 1 aromatic rings. The van der Waals surface area contributed by atoms with E-state index in [0.29, 0.717) is 5.92 Å². The number of nitrogens with two attached hydrogens (primary N) is 1. The number of carbonyl (C=O) groups is 1. The first-order valence-electron chi connectivity index (χ1n) is 8.40. The Hall–Kier alpha value is -1.69. The van der Waals surface area contributed by atoms with Crippen molar-refractivity contribution in [1.29, 1.82) is 0 Å². The van der Waals surface area contributed by atoms with Crippen LogP contribution in [0.5, 0.6) is 0 Å². The Morgan fingerprint density at radius 2 is 2.09 bits per heavy atom. The van der Waals surface area contributed by atoms with Crippen LogP contribution in [0.25, 0.3) is 0 Å². The smallest absolute Gasteiger partial charge is 0.291 e. The van der Waals surface area contributed by atoms with Crippen molar-refractivity contribution in [2.45, 2.75) is 46.6 Å². The molecule has 2 N–H and O–H groups in total. The predicted octanol–water partition coefficient (Wildman–Crippen LogP) is 1.75. The summed E-state index contributed by atoms with van der Waals surface area (Å²) >= 11 is 0. The minimum atomic E-state index is -0.113. The highest BCUT2D eigenvalue weighted by Gasteiger charge is 2.25. The fourth-order valence-electron chi connectivity index (χ4n) is 2.72. The van der Waals surface area contributed by atoms with Gasteiger partial charge in [-0.3, -0.25) is 4.79 Å². The number of amides is 1. The van der Waals surface area contributed by atoms with Gasteiger partial charge in [0.25, 0.3) is 5.91 Å². The Labute approximate surface area is 139 Å². The topological polar surface area (TPSA) is 75.4 Å². The Bertz CT molecular complexity index is 572. The average Bonchev–Trinajstić information content (AvgIpc) is 2.92. The van der Waals surface area contributed by atoms with E-state index in [1.165, 1.54) is 0 Å².